The van der Waals surface area contributed by atoms with Gasteiger partial charge in [0, 0.05) is 29.6 Å². The van der Waals surface area contributed by atoms with E-state index in [0.717, 1.165) is 11.1 Å². The average Bonchev–Trinajstić information content (AvgIpc) is 3.01. The van der Waals surface area contributed by atoms with Gasteiger partial charge in [-0.2, -0.15) is 14.9 Å². The van der Waals surface area contributed by atoms with E-state index in [4.69, 9.17) is 21.7 Å². The Labute approximate surface area is 143 Å². The molecule has 24 heavy (non-hydrogen) atoms. The number of benzene rings is 1. The Bertz CT molecular complexity index is 918. The minimum absolute atomic E-state index is 0.394. The molecule has 2 heterocycles. The highest BCUT2D eigenvalue weighted by Gasteiger charge is 2.08. The lowest BCUT2D eigenvalue weighted by Crippen LogP contribution is -1.97. The van der Waals surface area contributed by atoms with Crippen molar-refractivity contribution >= 4 is 18.4 Å². The number of pyridine rings is 1. The molecule has 1 N–H and O–H groups in total. The van der Waals surface area contributed by atoms with Crippen molar-refractivity contribution in [2.75, 3.05) is 14.2 Å². The normalized spacial score (nSPS) is 10.9. The molecule has 0 spiro atoms. The molecule has 8 heteroatoms. The van der Waals surface area contributed by atoms with Crippen molar-refractivity contribution < 1.29 is 9.47 Å². The van der Waals surface area contributed by atoms with Crippen molar-refractivity contribution in [2.45, 2.75) is 0 Å². The van der Waals surface area contributed by atoms with Gasteiger partial charge in [-0.25, -0.2) is 5.10 Å². The molecule has 0 radical (unpaired) electrons. The second-order valence-corrected chi connectivity index (χ2v) is 5.14. The van der Waals surface area contributed by atoms with E-state index in [-0.39, 0.29) is 0 Å². The maximum Gasteiger partial charge on any atom is 0.216 e. The van der Waals surface area contributed by atoms with E-state index in [1.807, 2.05) is 24.3 Å². The Morgan fingerprint density at radius 1 is 1.17 bits per heavy atom. The van der Waals surface area contributed by atoms with Gasteiger partial charge >= 0.3 is 0 Å². The Hall–Kier alpha value is -3.00. The fraction of sp³-hybridized carbons (Fsp3) is 0.125. The molecule has 0 fully saturated rings. The van der Waals surface area contributed by atoms with Gasteiger partial charge in [-0.1, -0.05) is 0 Å². The highest BCUT2D eigenvalue weighted by Crippen LogP contribution is 2.23. The quantitative estimate of drug-likeness (QED) is 0.570. The topological polar surface area (TPSA) is 77.3 Å². The van der Waals surface area contributed by atoms with E-state index >= 15 is 0 Å². The van der Waals surface area contributed by atoms with E-state index in [1.165, 1.54) is 0 Å². The standard InChI is InChI=1S/C16H15N5O2S/c1-22-13-4-3-12(14(9-13)23-2)10-18-21-15(19-20-16(21)24)11-5-7-17-8-6-11/h3-10H,1-2H3,(H,20,24)/b18-10+. The summed E-state index contributed by atoms with van der Waals surface area (Å²) < 4.78 is 12.5. The van der Waals surface area contributed by atoms with Gasteiger partial charge in [0.1, 0.15) is 11.5 Å². The predicted octanol–water partition coefficient (Wildman–Crippen LogP) is 2.90. The van der Waals surface area contributed by atoms with Gasteiger partial charge in [0.2, 0.25) is 4.77 Å². The Morgan fingerprint density at radius 3 is 2.67 bits per heavy atom. The van der Waals surface area contributed by atoms with Crippen LogP contribution < -0.4 is 9.47 Å². The number of hydrogen-bond acceptors (Lipinski definition) is 6. The summed E-state index contributed by atoms with van der Waals surface area (Å²) >= 11 is 5.25. The van der Waals surface area contributed by atoms with E-state index in [0.29, 0.717) is 22.1 Å². The highest BCUT2D eigenvalue weighted by molar-refractivity contribution is 7.71. The maximum absolute atomic E-state index is 5.36. The Morgan fingerprint density at radius 2 is 1.96 bits per heavy atom. The molecule has 0 saturated heterocycles. The number of aromatic amines is 1. The van der Waals surface area contributed by atoms with Crippen LogP contribution in [-0.2, 0) is 0 Å². The smallest absolute Gasteiger partial charge is 0.216 e. The summed E-state index contributed by atoms with van der Waals surface area (Å²) in [5.41, 5.74) is 1.65. The van der Waals surface area contributed by atoms with Gasteiger partial charge in [0.05, 0.1) is 20.4 Å². The fourth-order valence-corrected chi connectivity index (χ4v) is 2.31. The van der Waals surface area contributed by atoms with Crippen LogP contribution in [0.25, 0.3) is 11.4 Å². The van der Waals surface area contributed by atoms with Crippen molar-refractivity contribution in [1.29, 1.82) is 0 Å². The van der Waals surface area contributed by atoms with Gasteiger partial charge in [-0.05, 0) is 36.5 Å². The van der Waals surface area contributed by atoms with Crippen molar-refractivity contribution in [2.24, 2.45) is 5.10 Å². The van der Waals surface area contributed by atoms with Gasteiger partial charge in [-0.3, -0.25) is 4.98 Å². The Balaban J connectivity index is 1.99. The van der Waals surface area contributed by atoms with Gasteiger partial charge in [0.15, 0.2) is 5.82 Å². The van der Waals surface area contributed by atoms with Gasteiger partial charge in [0.25, 0.3) is 0 Å². The van der Waals surface area contributed by atoms with Crippen molar-refractivity contribution in [3.8, 4) is 22.9 Å². The SMILES string of the molecule is COc1ccc(/C=N/n2c(-c3ccncc3)n[nH]c2=S)c(OC)c1. The predicted molar refractivity (Wildman–Crippen MR) is 93.2 cm³/mol. The van der Waals surface area contributed by atoms with Crippen LogP contribution >= 0.6 is 12.2 Å². The van der Waals surface area contributed by atoms with Crippen molar-refractivity contribution in [3.63, 3.8) is 0 Å². The molecule has 0 bridgehead atoms. The zero-order chi connectivity index (χ0) is 16.9. The molecule has 0 atom stereocenters. The van der Waals surface area contributed by atoms with Crippen LogP contribution in [0.5, 0.6) is 11.5 Å². The molecule has 2 aromatic heterocycles. The zero-order valence-corrected chi connectivity index (χ0v) is 13.9. The molecular weight excluding hydrogens is 326 g/mol. The molecule has 7 nitrogen and oxygen atoms in total. The first-order valence-electron chi connectivity index (χ1n) is 7.07. The summed E-state index contributed by atoms with van der Waals surface area (Å²) in [6.45, 7) is 0. The molecule has 122 valence electrons. The molecule has 1 aromatic carbocycles. The molecule has 0 aliphatic carbocycles. The molecule has 0 aliphatic rings. The maximum atomic E-state index is 5.36. The summed E-state index contributed by atoms with van der Waals surface area (Å²) in [5, 5.41) is 11.4. The third-order valence-corrected chi connectivity index (χ3v) is 3.61. The van der Waals surface area contributed by atoms with Crippen LogP contribution in [-0.4, -0.2) is 40.3 Å². The number of nitrogens with one attached hydrogen (secondary N) is 1. The number of methoxy groups -OCH3 is 2. The number of ether oxygens (including phenoxy) is 2. The Kier molecular flexibility index (Phi) is 4.66. The lowest BCUT2D eigenvalue weighted by molar-refractivity contribution is 0.394. The molecule has 0 amide bonds. The molecular formula is C16H15N5O2S. The largest absolute Gasteiger partial charge is 0.497 e. The molecule has 3 aromatic rings. The summed E-state index contributed by atoms with van der Waals surface area (Å²) in [7, 11) is 3.20. The summed E-state index contributed by atoms with van der Waals surface area (Å²) in [6.07, 6.45) is 5.04. The van der Waals surface area contributed by atoms with Gasteiger partial charge < -0.3 is 9.47 Å². The number of hydrogen-bond donors (Lipinski definition) is 1. The minimum Gasteiger partial charge on any atom is -0.497 e. The number of rotatable bonds is 5. The highest BCUT2D eigenvalue weighted by atomic mass is 32.1. The molecule has 3 rings (SSSR count). The van der Waals surface area contributed by atoms with Crippen LogP contribution in [0.2, 0.25) is 0 Å². The second kappa shape index (κ2) is 7.05. The number of aromatic nitrogens is 4. The zero-order valence-electron chi connectivity index (χ0n) is 13.1. The van der Waals surface area contributed by atoms with Crippen LogP contribution in [0.1, 0.15) is 5.56 Å². The van der Waals surface area contributed by atoms with Crippen LogP contribution in [0.3, 0.4) is 0 Å². The third kappa shape index (κ3) is 3.18. The first kappa shape index (κ1) is 15.9. The molecule has 0 aliphatic heterocycles. The molecule has 0 unspecified atom stereocenters. The third-order valence-electron chi connectivity index (χ3n) is 3.34. The lowest BCUT2D eigenvalue weighted by atomic mass is 10.2. The van der Waals surface area contributed by atoms with Crippen LogP contribution in [0, 0.1) is 4.77 Å². The van der Waals surface area contributed by atoms with Crippen molar-refractivity contribution in [3.05, 3.63) is 53.1 Å². The van der Waals surface area contributed by atoms with E-state index in [2.05, 4.69) is 20.3 Å². The summed E-state index contributed by atoms with van der Waals surface area (Å²) in [6, 6.07) is 9.16. The van der Waals surface area contributed by atoms with Crippen LogP contribution in [0.4, 0.5) is 0 Å². The van der Waals surface area contributed by atoms with E-state index in [9.17, 15) is 0 Å². The van der Waals surface area contributed by atoms with Crippen molar-refractivity contribution in [1.82, 2.24) is 19.9 Å². The summed E-state index contributed by atoms with van der Waals surface area (Å²) in [4.78, 5) is 4.00. The number of nitrogens with zero attached hydrogens (tertiary/aromatic N) is 4. The fourth-order valence-electron chi connectivity index (χ4n) is 2.13. The first-order valence-corrected chi connectivity index (χ1v) is 7.48. The first-order chi connectivity index (χ1) is 11.7. The van der Waals surface area contributed by atoms with Gasteiger partial charge in [-0.15, -0.1) is 0 Å². The average molecular weight is 341 g/mol. The monoisotopic (exact) mass is 341 g/mol. The molecule has 0 saturated carbocycles. The van der Waals surface area contributed by atoms with Crippen LogP contribution in [0.15, 0.2) is 47.8 Å². The summed E-state index contributed by atoms with van der Waals surface area (Å²) in [5.74, 6) is 1.96. The minimum atomic E-state index is 0.394. The second-order valence-electron chi connectivity index (χ2n) is 4.75. The number of H-pyrrole nitrogens is 1. The lowest BCUT2D eigenvalue weighted by Gasteiger charge is -2.07. The van der Waals surface area contributed by atoms with E-state index in [1.54, 1.807) is 43.6 Å². The van der Waals surface area contributed by atoms with E-state index < -0.39 is 0 Å².